The van der Waals surface area contributed by atoms with E-state index in [4.69, 9.17) is 5.84 Å². The number of pyridine rings is 1. The molecular formula is C11H10N4. The standard InChI is InChI=1S/C11H10N4/c1-7-14-10-6-13-9-5-3-2-4-8(9)11(10)15(7)12/h2-6H,12H2,1H3. The Labute approximate surface area is 86.3 Å². The van der Waals surface area contributed by atoms with Crippen molar-refractivity contribution in [2.24, 2.45) is 0 Å². The molecule has 74 valence electrons. The Balaban J connectivity index is 2.63. The van der Waals surface area contributed by atoms with Gasteiger partial charge in [0.2, 0.25) is 0 Å². The molecule has 0 fully saturated rings. The number of aromatic nitrogens is 3. The highest BCUT2D eigenvalue weighted by Crippen LogP contribution is 2.22. The van der Waals surface area contributed by atoms with E-state index in [9.17, 15) is 0 Å². The number of nitrogens with zero attached hydrogens (tertiary/aromatic N) is 3. The van der Waals surface area contributed by atoms with Gasteiger partial charge in [-0.05, 0) is 13.0 Å². The van der Waals surface area contributed by atoms with E-state index in [1.165, 1.54) is 0 Å². The van der Waals surface area contributed by atoms with Gasteiger partial charge in [0.1, 0.15) is 16.9 Å². The van der Waals surface area contributed by atoms with Gasteiger partial charge in [-0.25, -0.2) is 9.66 Å². The summed E-state index contributed by atoms with van der Waals surface area (Å²) in [7, 11) is 0. The first-order valence-corrected chi connectivity index (χ1v) is 4.75. The molecule has 2 heterocycles. The molecule has 0 aliphatic heterocycles. The first-order chi connectivity index (χ1) is 7.27. The third-order valence-corrected chi connectivity index (χ3v) is 2.60. The second-order valence-corrected chi connectivity index (χ2v) is 3.54. The fraction of sp³-hybridized carbons (Fsp3) is 0.0909. The van der Waals surface area contributed by atoms with E-state index in [1.54, 1.807) is 10.9 Å². The third kappa shape index (κ3) is 1.01. The Morgan fingerprint density at radius 2 is 2.00 bits per heavy atom. The molecule has 0 unspecified atom stereocenters. The van der Waals surface area contributed by atoms with Crippen LogP contribution in [0.3, 0.4) is 0 Å². The smallest absolute Gasteiger partial charge is 0.125 e. The van der Waals surface area contributed by atoms with Crippen molar-refractivity contribution in [1.82, 2.24) is 14.6 Å². The van der Waals surface area contributed by atoms with E-state index in [0.29, 0.717) is 0 Å². The van der Waals surface area contributed by atoms with Crippen LogP contribution in [0.15, 0.2) is 30.5 Å². The maximum atomic E-state index is 5.93. The van der Waals surface area contributed by atoms with E-state index in [2.05, 4.69) is 9.97 Å². The largest absolute Gasteiger partial charge is 0.337 e. The number of aryl methyl sites for hydroxylation is 1. The molecule has 0 radical (unpaired) electrons. The van der Waals surface area contributed by atoms with Crippen molar-refractivity contribution in [3.05, 3.63) is 36.3 Å². The number of hydrogen-bond acceptors (Lipinski definition) is 3. The topological polar surface area (TPSA) is 56.7 Å². The summed E-state index contributed by atoms with van der Waals surface area (Å²) in [4.78, 5) is 8.67. The monoisotopic (exact) mass is 198 g/mol. The van der Waals surface area contributed by atoms with Crippen LogP contribution in [0.4, 0.5) is 0 Å². The average molecular weight is 198 g/mol. The maximum absolute atomic E-state index is 5.93. The molecule has 0 aliphatic rings. The number of fused-ring (bicyclic) bond motifs is 3. The average Bonchev–Trinajstić information content (AvgIpc) is 2.55. The van der Waals surface area contributed by atoms with Crippen LogP contribution < -0.4 is 5.84 Å². The fourth-order valence-electron chi connectivity index (χ4n) is 1.84. The van der Waals surface area contributed by atoms with Crippen LogP contribution in [0.25, 0.3) is 21.9 Å². The number of imidazole rings is 1. The number of benzene rings is 1. The van der Waals surface area contributed by atoms with Gasteiger partial charge >= 0.3 is 0 Å². The van der Waals surface area contributed by atoms with Crippen molar-refractivity contribution in [3.63, 3.8) is 0 Å². The lowest BCUT2D eigenvalue weighted by Gasteiger charge is -2.00. The molecule has 0 atom stereocenters. The van der Waals surface area contributed by atoms with Crippen molar-refractivity contribution in [2.75, 3.05) is 5.84 Å². The van der Waals surface area contributed by atoms with Crippen molar-refractivity contribution in [1.29, 1.82) is 0 Å². The Hall–Kier alpha value is -2.10. The quantitative estimate of drug-likeness (QED) is 0.558. The molecule has 4 heteroatoms. The molecule has 0 amide bonds. The van der Waals surface area contributed by atoms with Gasteiger partial charge in [0.15, 0.2) is 0 Å². The predicted molar refractivity (Wildman–Crippen MR) is 59.9 cm³/mol. The number of rotatable bonds is 0. The minimum atomic E-state index is 0.795. The van der Waals surface area contributed by atoms with E-state index in [0.717, 1.165) is 27.8 Å². The Morgan fingerprint density at radius 3 is 2.87 bits per heavy atom. The van der Waals surface area contributed by atoms with Gasteiger partial charge in [-0.3, -0.25) is 4.98 Å². The molecule has 4 nitrogen and oxygen atoms in total. The molecule has 0 saturated carbocycles. The maximum Gasteiger partial charge on any atom is 0.125 e. The first kappa shape index (κ1) is 8.23. The van der Waals surface area contributed by atoms with Gasteiger partial charge in [-0.2, -0.15) is 0 Å². The predicted octanol–water partition coefficient (Wildman–Crippen LogP) is 1.61. The summed E-state index contributed by atoms with van der Waals surface area (Å²) < 4.78 is 1.61. The fourth-order valence-corrected chi connectivity index (χ4v) is 1.84. The summed E-state index contributed by atoms with van der Waals surface area (Å²) in [5, 5.41) is 1.04. The lowest BCUT2D eigenvalue weighted by Crippen LogP contribution is -2.09. The SMILES string of the molecule is Cc1nc2cnc3ccccc3c2n1N. The van der Waals surface area contributed by atoms with Gasteiger partial charge in [0.25, 0.3) is 0 Å². The number of nitrogens with two attached hydrogens (primary N) is 1. The zero-order valence-electron chi connectivity index (χ0n) is 8.31. The van der Waals surface area contributed by atoms with E-state index in [-0.39, 0.29) is 0 Å². The highest BCUT2D eigenvalue weighted by molar-refractivity contribution is 6.02. The Morgan fingerprint density at radius 1 is 1.20 bits per heavy atom. The highest BCUT2D eigenvalue weighted by atomic mass is 15.3. The summed E-state index contributed by atoms with van der Waals surface area (Å²) >= 11 is 0. The molecule has 1 aromatic carbocycles. The van der Waals surface area contributed by atoms with Crippen molar-refractivity contribution in [2.45, 2.75) is 6.92 Å². The summed E-state index contributed by atoms with van der Waals surface area (Å²) in [5.74, 6) is 6.73. The van der Waals surface area contributed by atoms with Gasteiger partial charge < -0.3 is 5.84 Å². The molecule has 0 aliphatic carbocycles. The van der Waals surface area contributed by atoms with Crippen LogP contribution in [0.2, 0.25) is 0 Å². The minimum absolute atomic E-state index is 0.795. The number of hydrogen-bond donors (Lipinski definition) is 1. The van der Waals surface area contributed by atoms with E-state index in [1.807, 2.05) is 31.2 Å². The lowest BCUT2D eigenvalue weighted by molar-refractivity contribution is 0.958. The molecule has 15 heavy (non-hydrogen) atoms. The van der Waals surface area contributed by atoms with Crippen LogP contribution in [0.5, 0.6) is 0 Å². The van der Waals surface area contributed by atoms with Crippen LogP contribution >= 0.6 is 0 Å². The molecular weight excluding hydrogens is 188 g/mol. The molecule has 3 rings (SSSR count). The van der Waals surface area contributed by atoms with E-state index >= 15 is 0 Å². The second kappa shape index (κ2) is 2.70. The molecule has 3 aromatic rings. The van der Waals surface area contributed by atoms with Crippen molar-refractivity contribution < 1.29 is 0 Å². The van der Waals surface area contributed by atoms with E-state index < -0.39 is 0 Å². The lowest BCUT2D eigenvalue weighted by atomic mass is 10.2. The zero-order chi connectivity index (χ0) is 10.4. The van der Waals surface area contributed by atoms with Gasteiger partial charge in [0.05, 0.1) is 11.7 Å². The van der Waals surface area contributed by atoms with Crippen LogP contribution in [-0.4, -0.2) is 14.6 Å². The molecule has 0 saturated heterocycles. The van der Waals surface area contributed by atoms with Crippen molar-refractivity contribution in [3.8, 4) is 0 Å². The molecule has 2 aromatic heterocycles. The second-order valence-electron chi connectivity index (χ2n) is 3.54. The molecule has 0 bridgehead atoms. The number of para-hydroxylation sites is 1. The summed E-state index contributed by atoms with van der Waals surface area (Å²) in [6.45, 7) is 1.88. The van der Waals surface area contributed by atoms with Crippen LogP contribution in [-0.2, 0) is 0 Å². The summed E-state index contributed by atoms with van der Waals surface area (Å²) in [6.07, 6.45) is 1.76. The summed E-state index contributed by atoms with van der Waals surface area (Å²) in [6, 6.07) is 7.92. The third-order valence-electron chi connectivity index (χ3n) is 2.60. The highest BCUT2D eigenvalue weighted by Gasteiger charge is 2.08. The minimum Gasteiger partial charge on any atom is -0.337 e. The Bertz CT molecular complexity index is 654. The summed E-state index contributed by atoms with van der Waals surface area (Å²) in [5.41, 5.74) is 2.73. The normalized spacial score (nSPS) is 11.3. The molecule has 2 N–H and O–H groups in total. The first-order valence-electron chi connectivity index (χ1n) is 4.75. The van der Waals surface area contributed by atoms with Crippen molar-refractivity contribution >= 4 is 21.9 Å². The molecule has 0 spiro atoms. The Kier molecular flexibility index (Phi) is 1.48. The van der Waals surface area contributed by atoms with Crippen LogP contribution in [0.1, 0.15) is 5.82 Å². The number of nitrogen functional groups attached to an aromatic ring is 1. The van der Waals surface area contributed by atoms with Gasteiger partial charge in [0, 0.05) is 5.39 Å². The van der Waals surface area contributed by atoms with Crippen LogP contribution in [0, 0.1) is 6.92 Å². The van der Waals surface area contributed by atoms with Gasteiger partial charge in [-0.1, -0.05) is 18.2 Å². The van der Waals surface area contributed by atoms with Gasteiger partial charge in [-0.15, -0.1) is 0 Å². The zero-order valence-corrected chi connectivity index (χ0v) is 8.31.